The minimum absolute atomic E-state index is 0.184. The molecule has 3 amide bonds. The molecule has 1 heterocycles. The Kier molecular flexibility index (Phi) is 8.06. The van der Waals surface area contributed by atoms with Crippen LogP contribution in [0.15, 0.2) is 42.5 Å². The summed E-state index contributed by atoms with van der Waals surface area (Å²) < 4.78 is 5.31. The molecule has 0 spiro atoms. The molecule has 0 aliphatic carbocycles. The van der Waals surface area contributed by atoms with Gasteiger partial charge in [-0.05, 0) is 50.5 Å². The van der Waals surface area contributed by atoms with Gasteiger partial charge in [0.05, 0.1) is 11.6 Å². The second-order valence-electron chi connectivity index (χ2n) is 8.38. The van der Waals surface area contributed by atoms with Gasteiger partial charge >= 0.3 is 6.09 Å². The van der Waals surface area contributed by atoms with Crippen molar-refractivity contribution in [3.8, 4) is 11.1 Å². The van der Waals surface area contributed by atoms with Crippen molar-refractivity contribution < 1.29 is 19.1 Å². The molecule has 2 aromatic carbocycles. The predicted octanol–water partition coefficient (Wildman–Crippen LogP) is 3.66. The van der Waals surface area contributed by atoms with E-state index in [1.54, 1.807) is 7.05 Å². The molecule has 9 heteroatoms. The Labute approximate surface area is 192 Å². The zero-order chi connectivity index (χ0) is 24.8. The van der Waals surface area contributed by atoms with E-state index in [-0.39, 0.29) is 12.5 Å². The van der Waals surface area contributed by atoms with Crippen LogP contribution in [0.5, 0.6) is 0 Å². The fraction of sp³-hybridized carbons (Fsp3) is 0.292. The first-order valence-electron chi connectivity index (χ1n) is 10.4. The third-order valence-corrected chi connectivity index (χ3v) is 4.77. The number of hydrogen-bond donors (Lipinski definition) is 5. The van der Waals surface area contributed by atoms with Gasteiger partial charge in [-0.2, -0.15) is 0 Å². The van der Waals surface area contributed by atoms with Crippen LogP contribution in [0.4, 0.5) is 10.6 Å². The number of nitrogens with one attached hydrogen (secondary N) is 3. The lowest BCUT2D eigenvalue weighted by molar-refractivity contribution is -0.106. The minimum Gasteiger partial charge on any atom is -0.444 e. The second-order valence-corrected chi connectivity index (χ2v) is 8.38. The summed E-state index contributed by atoms with van der Waals surface area (Å²) in [4.78, 5) is 35.6. The summed E-state index contributed by atoms with van der Waals surface area (Å²) in [6, 6.07) is 13.6. The molecule has 9 nitrogen and oxygen atoms in total. The maximum absolute atomic E-state index is 12.0. The van der Waals surface area contributed by atoms with Crippen molar-refractivity contribution in [2.45, 2.75) is 39.3 Å². The number of benzene rings is 2. The molecule has 33 heavy (non-hydrogen) atoms. The van der Waals surface area contributed by atoms with Gasteiger partial charge < -0.3 is 31.8 Å². The summed E-state index contributed by atoms with van der Waals surface area (Å²) in [5, 5.41) is 6.60. The number of anilines is 1. The summed E-state index contributed by atoms with van der Waals surface area (Å²) in [7, 11) is 1.74. The lowest BCUT2D eigenvalue weighted by atomic mass is 10.00. The van der Waals surface area contributed by atoms with Gasteiger partial charge in [-0.3, -0.25) is 9.59 Å². The zero-order valence-electron chi connectivity index (χ0n) is 19.5. The fourth-order valence-corrected chi connectivity index (χ4v) is 3.35. The number of ether oxygens (including phenoxy) is 1. The van der Waals surface area contributed by atoms with Gasteiger partial charge in [-0.1, -0.05) is 36.4 Å². The van der Waals surface area contributed by atoms with E-state index in [1.165, 1.54) is 0 Å². The third kappa shape index (κ3) is 6.49. The summed E-state index contributed by atoms with van der Waals surface area (Å²) in [5.74, 6) is 0.126. The normalized spacial score (nSPS) is 11.7. The van der Waals surface area contributed by atoms with Crippen LogP contribution in [-0.2, 0) is 9.53 Å². The lowest BCUT2D eigenvalue weighted by Gasteiger charge is -2.22. The molecule has 1 unspecified atom stereocenters. The molecular formula is C24H31N5O4. The van der Waals surface area contributed by atoms with Crippen molar-refractivity contribution in [3.63, 3.8) is 0 Å². The highest BCUT2D eigenvalue weighted by Gasteiger charge is 2.19. The van der Waals surface area contributed by atoms with E-state index in [9.17, 15) is 9.59 Å². The van der Waals surface area contributed by atoms with Crippen molar-refractivity contribution in [2.24, 2.45) is 11.5 Å². The zero-order valence-corrected chi connectivity index (χ0v) is 19.5. The number of aromatic nitrogens is 1. The average molecular weight is 454 g/mol. The van der Waals surface area contributed by atoms with Gasteiger partial charge in [-0.15, -0.1) is 0 Å². The van der Waals surface area contributed by atoms with Crippen molar-refractivity contribution in [1.29, 1.82) is 0 Å². The van der Waals surface area contributed by atoms with Crippen LogP contribution in [0.1, 0.15) is 49.7 Å². The molecule has 7 N–H and O–H groups in total. The van der Waals surface area contributed by atoms with Crippen LogP contribution in [0, 0.1) is 0 Å². The Hall–Kier alpha value is -4.01. The monoisotopic (exact) mass is 453 g/mol. The minimum atomic E-state index is -0.536. The fourth-order valence-electron chi connectivity index (χ4n) is 3.35. The first-order chi connectivity index (χ1) is 15.5. The Morgan fingerprint density at radius 2 is 1.67 bits per heavy atom. The average Bonchev–Trinajstić information content (AvgIpc) is 3.11. The summed E-state index contributed by atoms with van der Waals surface area (Å²) in [5.41, 5.74) is 13.4. The van der Waals surface area contributed by atoms with E-state index < -0.39 is 17.6 Å². The summed E-state index contributed by atoms with van der Waals surface area (Å²) >= 11 is 0. The summed E-state index contributed by atoms with van der Waals surface area (Å²) in [6.07, 6.45) is -0.193. The van der Waals surface area contributed by atoms with Crippen molar-refractivity contribution in [1.82, 2.24) is 10.3 Å². The largest absolute Gasteiger partial charge is 0.444 e. The number of nitrogens with two attached hydrogens (primary N) is 2. The van der Waals surface area contributed by atoms with E-state index in [4.69, 9.17) is 15.3 Å². The molecule has 0 saturated heterocycles. The lowest BCUT2D eigenvalue weighted by Crippen LogP contribution is -2.34. The van der Waals surface area contributed by atoms with Crippen LogP contribution >= 0.6 is 0 Å². The molecule has 0 radical (unpaired) electrons. The molecule has 0 saturated carbocycles. The molecule has 3 aromatic rings. The van der Waals surface area contributed by atoms with Gasteiger partial charge in [0.2, 0.25) is 6.41 Å². The van der Waals surface area contributed by atoms with E-state index in [1.807, 2.05) is 70.2 Å². The molecule has 1 atom stereocenters. The maximum atomic E-state index is 12.0. The van der Waals surface area contributed by atoms with Gasteiger partial charge in [0.25, 0.3) is 5.91 Å². The Morgan fingerprint density at radius 3 is 2.18 bits per heavy atom. The number of aromatic amines is 1. The topological polar surface area (TPSA) is 152 Å². The van der Waals surface area contributed by atoms with E-state index >= 15 is 0 Å². The van der Waals surface area contributed by atoms with E-state index in [2.05, 4.69) is 21.4 Å². The maximum Gasteiger partial charge on any atom is 0.408 e. The van der Waals surface area contributed by atoms with E-state index in [0.29, 0.717) is 11.4 Å². The Morgan fingerprint density at radius 1 is 1.09 bits per heavy atom. The number of rotatable bonds is 5. The predicted molar refractivity (Wildman–Crippen MR) is 130 cm³/mol. The number of amides is 3. The van der Waals surface area contributed by atoms with E-state index in [0.717, 1.165) is 27.6 Å². The number of primary amides is 2. The highest BCUT2D eigenvalue weighted by molar-refractivity contribution is 6.11. The first-order valence-corrected chi connectivity index (χ1v) is 10.4. The Balaban J connectivity index is 0.00000122. The van der Waals surface area contributed by atoms with Gasteiger partial charge in [-0.25, -0.2) is 4.79 Å². The number of hydrogen-bond acceptors (Lipinski definition) is 5. The van der Waals surface area contributed by atoms with Gasteiger partial charge in [0.15, 0.2) is 0 Å². The number of H-pyrrole nitrogens is 1. The first kappa shape index (κ1) is 25.3. The molecule has 3 rings (SSSR count). The molecule has 0 fully saturated rings. The number of alkyl carbamates (subject to hydrolysis) is 1. The molecule has 0 aliphatic rings. The quantitative estimate of drug-likeness (QED) is 0.373. The second kappa shape index (κ2) is 10.5. The number of fused-ring (bicyclic) bond motifs is 1. The van der Waals surface area contributed by atoms with Crippen LogP contribution < -0.4 is 22.1 Å². The van der Waals surface area contributed by atoms with Crippen LogP contribution in [-0.4, -0.2) is 36.0 Å². The van der Waals surface area contributed by atoms with Crippen molar-refractivity contribution in [3.05, 3.63) is 53.6 Å². The molecule has 1 aromatic heterocycles. The van der Waals surface area contributed by atoms with Gasteiger partial charge in [0.1, 0.15) is 11.4 Å². The standard InChI is InChI=1S/C23H28N4O3.CH3NO/c1-13(26-22(29)30-23(2,3)4)14-6-8-15(9-7-14)16-10-11-17-18(12-16)27-21(25-5)19(17)20(24)28;2-1-3/h6-13,25,27H,1-5H3,(H2,24,28)(H,26,29);1H,(H2,2,3). The highest BCUT2D eigenvalue weighted by Crippen LogP contribution is 2.30. The molecular weight excluding hydrogens is 422 g/mol. The smallest absolute Gasteiger partial charge is 0.408 e. The third-order valence-electron chi connectivity index (χ3n) is 4.77. The molecule has 176 valence electrons. The Bertz CT molecular complexity index is 1130. The van der Waals surface area contributed by atoms with Crippen LogP contribution in [0.25, 0.3) is 22.0 Å². The SMILES string of the molecule is CNc1[nH]c2cc(-c3ccc(C(C)NC(=O)OC(C)(C)C)cc3)ccc2c1C(N)=O.NC=O. The van der Waals surface area contributed by atoms with Gasteiger partial charge in [0, 0.05) is 18.0 Å². The van der Waals surface area contributed by atoms with Crippen LogP contribution in [0.3, 0.4) is 0 Å². The highest BCUT2D eigenvalue weighted by atomic mass is 16.6. The molecule has 0 aliphatic heterocycles. The van der Waals surface area contributed by atoms with Crippen molar-refractivity contribution in [2.75, 3.05) is 12.4 Å². The number of carbonyl (C=O) groups excluding carboxylic acids is 3. The summed E-state index contributed by atoms with van der Waals surface area (Å²) in [6.45, 7) is 7.41. The number of carbonyl (C=O) groups is 3. The molecule has 0 bridgehead atoms. The van der Waals surface area contributed by atoms with Crippen LogP contribution in [0.2, 0.25) is 0 Å². The van der Waals surface area contributed by atoms with Crippen molar-refractivity contribution >= 4 is 35.1 Å².